The highest BCUT2D eigenvalue weighted by atomic mass is 16.2. The minimum atomic E-state index is -0.465. The second-order valence-corrected chi connectivity index (χ2v) is 5.29. The molecule has 2 fully saturated rings. The maximum Gasteiger partial charge on any atom is 0.325 e. The summed E-state index contributed by atoms with van der Waals surface area (Å²) in [6.07, 6.45) is 6.78. The lowest BCUT2D eigenvalue weighted by atomic mass is 10.1. The van der Waals surface area contributed by atoms with E-state index in [0.29, 0.717) is 0 Å². The number of nitrogens with zero attached hydrogens (tertiary/aromatic N) is 2. The summed E-state index contributed by atoms with van der Waals surface area (Å²) in [4.78, 5) is 37.7. The van der Waals surface area contributed by atoms with E-state index in [1.165, 1.54) is 12.8 Å². The molecule has 6 nitrogen and oxygen atoms in total. The molecule has 6 heteroatoms. The van der Waals surface area contributed by atoms with Gasteiger partial charge in [-0.05, 0) is 12.8 Å². The first-order valence-corrected chi connectivity index (χ1v) is 6.93. The molecule has 0 spiro atoms. The maximum absolute atomic E-state index is 12.2. The molecule has 0 aromatic rings. The van der Waals surface area contributed by atoms with Crippen LogP contribution in [0.4, 0.5) is 4.79 Å². The molecule has 1 N–H and O–H groups in total. The van der Waals surface area contributed by atoms with E-state index in [0.717, 1.165) is 30.6 Å². The van der Waals surface area contributed by atoms with Gasteiger partial charge in [0.2, 0.25) is 5.91 Å². The van der Waals surface area contributed by atoms with Gasteiger partial charge >= 0.3 is 6.03 Å². The number of urea groups is 1. The van der Waals surface area contributed by atoms with E-state index in [4.69, 9.17) is 0 Å². The van der Waals surface area contributed by atoms with Crippen LogP contribution in [0.2, 0.25) is 0 Å². The Kier molecular flexibility index (Phi) is 4.39. The number of carbonyl (C=O) groups excluding carboxylic acids is 3. The first kappa shape index (κ1) is 13.8. The summed E-state index contributed by atoms with van der Waals surface area (Å²) in [5, 5.41) is 2.42. The lowest BCUT2D eigenvalue weighted by Gasteiger charge is -2.28. The fourth-order valence-electron chi connectivity index (χ4n) is 2.71. The Morgan fingerprint density at radius 2 is 1.89 bits per heavy atom. The van der Waals surface area contributed by atoms with Crippen molar-refractivity contribution in [3.63, 3.8) is 0 Å². The van der Waals surface area contributed by atoms with Crippen LogP contribution in [0.25, 0.3) is 0 Å². The van der Waals surface area contributed by atoms with Crippen molar-refractivity contribution in [2.75, 3.05) is 20.1 Å². The van der Waals surface area contributed by atoms with Gasteiger partial charge < -0.3 is 10.2 Å². The van der Waals surface area contributed by atoms with Crippen LogP contribution in [-0.2, 0) is 9.59 Å². The first-order chi connectivity index (χ1) is 9.09. The zero-order valence-corrected chi connectivity index (χ0v) is 11.4. The molecule has 0 bridgehead atoms. The largest absolute Gasteiger partial charge is 0.341 e. The summed E-state index contributed by atoms with van der Waals surface area (Å²) >= 11 is 0. The van der Waals surface area contributed by atoms with Crippen molar-refractivity contribution < 1.29 is 14.4 Å². The van der Waals surface area contributed by atoms with E-state index in [2.05, 4.69) is 5.32 Å². The zero-order valence-electron chi connectivity index (χ0n) is 11.4. The predicted molar refractivity (Wildman–Crippen MR) is 69.4 cm³/mol. The Hall–Kier alpha value is -1.59. The number of imide groups is 1. The van der Waals surface area contributed by atoms with E-state index >= 15 is 0 Å². The van der Waals surface area contributed by atoms with E-state index < -0.39 is 6.03 Å². The fraction of sp³-hybridized carbons (Fsp3) is 0.769. The predicted octanol–water partition coefficient (Wildman–Crippen LogP) is 0.719. The molecule has 0 radical (unpaired) electrons. The van der Waals surface area contributed by atoms with Crippen molar-refractivity contribution in [1.29, 1.82) is 0 Å². The number of amides is 4. The monoisotopic (exact) mass is 267 g/mol. The Balaban J connectivity index is 1.91. The van der Waals surface area contributed by atoms with Gasteiger partial charge in [-0.1, -0.05) is 25.7 Å². The number of rotatable bonds is 3. The molecule has 0 aromatic carbocycles. The zero-order chi connectivity index (χ0) is 13.8. The van der Waals surface area contributed by atoms with Crippen LogP contribution in [0.5, 0.6) is 0 Å². The highest BCUT2D eigenvalue weighted by Crippen LogP contribution is 2.21. The second-order valence-electron chi connectivity index (χ2n) is 5.29. The summed E-state index contributed by atoms with van der Waals surface area (Å²) < 4.78 is 0. The van der Waals surface area contributed by atoms with E-state index in [9.17, 15) is 14.4 Å². The lowest BCUT2D eigenvalue weighted by Crippen LogP contribution is -2.45. The third-order valence-corrected chi connectivity index (χ3v) is 4.00. The molecule has 19 heavy (non-hydrogen) atoms. The molecule has 2 rings (SSSR count). The second kappa shape index (κ2) is 6.04. The molecule has 1 aliphatic heterocycles. The number of hydrogen-bond donors (Lipinski definition) is 1. The van der Waals surface area contributed by atoms with Crippen LogP contribution in [0.1, 0.15) is 38.5 Å². The Labute approximate surface area is 113 Å². The van der Waals surface area contributed by atoms with E-state index in [1.807, 2.05) is 0 Å². The topological polar surface area (TPSA) is 69.7 Å². The van der Waals surface area contributed by atoms with Gasteiger partial charge in [0.15, 0.2) is 0 Å². The highest BCUT2D eigenvalue weighted by molar-refractivity contribution is 6.04. The molecule has 0 aromatic heterocycles. The van der Waals surface area contributed by atoms with Crippen molar-refractivity contribution in [2.45, 2.75) is 44.6 Å². The molecule has 106 valence electrons. The van der Waals surface area contributed by atoms with Crippen LogP contribution < -0.4 is 5.32 Å². The minimum Gasteiger partial charge on any atom is -0.341 e. The average molecular weight is 267 g/mol. The summed E-state index contributed by atoms with van der Waals surface area (Å²) in [6.45, 7) is -0.142. The van der Waals surface area contributed by atoms with Crippen molar-refractivity contribution >= 4 is 17.8 Å². The quantitative estimate of drug-likeness (QED) is 0.605. The molecule has 1 saturated carbocycles. The van der Waals surface area contributed by atoms with Crippen LogP contribution >= 0.6 is 0 Å². The Morgan fingerprint density at radius 3 is 2.42 bits per heavy atom. The molecule has 2 aliphatic rings. The Morgan fingerprint density at radius 1 is 1.26 bits per heavy atom. The van der Waals surface area contributed by atoms with Crippen LogP contribution in [-0.4, -0.2) is 53.8 Å². The van der Waals surface area contributed by atoms with Crippen molar-refractivity contribution in [1.82, 2.24) is 15.1 Å². The number of nitrogens with one attached hydrogen (secondary N) is 1. The summed E-state index contributed by atoms with van der Waals surface area (Å²) in [5.74, 6) is -0.482. The molecule has 0 atom stereocenters. The Bertz CT molecular complexity index is 359. The highest BCUT2D eigenvalue weighted by Gasteiger charge is 2.32. The fourth-order valence-corrected chi connectivity index (χ4v) is 2.71. The summed E-state index contributed by atoms with van der Waals surface area (Å²) in [7, 11) is 1.77. The standard InChI is InChI=1S/C13H21N3O3/c1-15(10-6-4-2-3-5-7-10)12(18)9-16-11(17)8-14-13(16)19/h10H,2-9H2,1H3,(H,14,19). The van der Waals surface area contributed by atoms with Crippen LogP contribution in [0.15, 0.2) is 0 Å². The van der Waals surface area contributed by atoms with Gasteiger partial charge in [-0.25, -0.2) is 4.79 Å². The number of carbonyl (C=O) groups is 3. The molecular formula is C13H21N3O3. The molecule has 1 aliphatic carbocycles. The third-order valence-electron chi connectivity index (χ3n) is 4.00. The maximum atomic E-state index is 12.2. The van der Waals surface area contributed by atoms with Gasteiger partial charge in [0, 0.05) is 13.1 Å². The van der Waals surface area contributed by atoms with Crippen molar-refractivity contribution in [3.05, 3.63) is 0 Å². The normalized spacial score (nSPS) is 21.2. The van der Waals surface area contributed by atoms with Gasteiger partial charge in [0.25, 0.3) is 5.91 Å². The minimum absolute atomic E-state index is 0.000738. The molecule has 4 amide bonds. The number of likely N-dealkylation sites (N-methyl/N-ethyl adjacent to an activating group) is 1. The van der Waals surface area contributed by atoms with Crippen LogP contribution in [0, 0.1) is 0 Å². The van der Waals surface area contributed by atoms with Gasteiger partial charge in [-0.15, -0.1) is 0 Å². The average Bonchev–Trinajstić information content (AvgIpc) is 2.65. The molecular weight excluding hydrogens is 246 g/mol. The van der Waals surface area contributed by atoms with Crippen molar-refractivity contribution in [3.8, 4) is 0 Å². The van der Waals surface area contributed by atoms with Gasteiger partial charge in [-0.2, -0.15) is 0 Å². The summed E-state index contributed by atoms with van der Waals surface area (Å²) in [5.41, 5.74) is 0. The van der Waals surface area contributed by atoms with Gasteiger partial charge in [-0.3, -0.25) is 14.5 Å². The van der Waals surface area contributed by atoms with Crippen LogP contribution in [0.3, 0.4) is 0 Å². The lowest BCUT2D eigenvalue weighted by molar-refractivity contribution is -0.137. The molecule has 1 saturated heterocycles. The van der Waals surface area contributed by atoms with Gasteiger partial charge in [0.1, 0.15) is 6.54 Å². The molecule has 0 unspecified atom stereocenters. The van der Waals surface area contributed by atoms with Crippen molar-refractivity contribution in [2.24, 2.45) is 0 Å². The van der Waals surface area contributed by atoms with Gasteiger partial charge in [0.05, 0.1) is 6.54 Å². The smallest absolute Gasteiger partial charge is 0.325 e. The van der Waals surface area contributed by atoms with E-state index in [1.54, 1.807) is 11.9 Å². The third kappa shape index (κ3) is 3.24. The summed E-state index contributed by atoms with van der Waals surface area (Å²) in [6, 6.07) is -0.219. The molecule has 1 heterocycles. The number of hydrogen-bond acceptors (Lipinski definition) is 3. The van der Waals surface area contributed by atoms with E-state index in [-0.39, 0.29) is 30.9 Å². The first-order valence-electron chi connectivity index (χ1n) is 6.93. The SMILES string of the molecule is CN(C(=O)CN1C(=O)CNC1=O)C1CCCCCC1.